The van der Waals surface area contributed by atoms with Crippen molar-refractivity contribution < 1.29 is 9.90 Å². The van der Waals surface area contributed by atoms with E-state index >= 15 is 0 Å². The Bertz CT molecular complexity index is 911. The number of phenolic OH excluding ortho intramolecular Hbond substituents is 1. The molecule has 3 heterocycles. The number of carbonyl (C=O) groups is 1. The molecule has 6 heteroatoms. The van der Waals surface area contributed by atoms with Crippen LogP contribution in [-0.2, 0) is 4.79 Å². The number of para-hydroxylation sites is 1. The lowest BCUT2D eigenvalue weighted by Gasteiger charge is -2.07. The molecular formula is C15H10N4O2. The Kier molecular flexibility index (Phi) is 2.32. The van der Waals surface area contributed by atoms with E-state index in [4.69, 9.17) is 0 Å². The van der Waals surface area contributed by atoms with Crippen molar-refractivity contribution in [2.75, 3.05) is 5.32 Å². The Morgan fingerprint density at radius 3 is 2.81 bits per heavy atom. The molecule has 0 radical (unpaired) electrons. The maximum Gasteiger partial charge on any atom is 0.249 e. The molecule has 21 heavy (non-hydrogen) atoms. The van der Waals surface area contributed by atoms with Gasteiger partial charge < -0.3 is 15.4 Å². The zero-order valence-corrected chi connectivity index (χ0v) is 10.8. The van der Waals surface area contributed by atoms with Crippen LogP contribution >= 0.6 is 0 Å². The summed E-state index contributed by atoms with van der Waals surface area (Å²) in [6.45, 7) is 0. The van der Waals surface area contributed by atoms with Crippen LogP contribution < -0.4 is 5.32 Å². The zero-order valence-electron chi connectivity index (χ0n) is 10.8. The number of aromatic hydroxyl groups is 1. The van der Waals surface area contributed by atoms with Crippen LogP contribution in [0.3, 0.4) is 0 Å². The lowest BCUT2D eigenvalue weighted by atomic mass is 10.1. The number of hydrogen-bond acceptors (Lipinski definition) is 4. The van der Waals surface area contributed by atoms with Crippen LogP contribution in [-0.4, -0.2) is 26.2 Å². The Morgan fingerprint density at radius 2 is 1.95 bits per heavy atom. The summed E-state index contributed by atoms with van der Waals surface area (Å²) in [6.07, 6.45) is 4.96. The van der Waals surface area contributed by atoms with Gasteiger partial charge in [-0.25, -0.2) is 0 Å². The second kappa shape index (κ2) is 4.17. The van der Waals surface area contributed by atoms with Crippen molar-refractivity contribution in [2.24, 2.45) is 0 Å². The van der Waals surface area contributed by atoms with Crippen molar-refractivity contribution in [3.05, 3.63) is 42.1 Å². The van der Waals surface area contributed by atoms with E-state index in [0.29, 0.717) is 17.1 Å². The molecule has 6 nitrogen and oxygen atoms in total. The molecule has 1 aliphatic heterocycles. The summed E-state index contributed by atoms with van der Waals surface area (Å²) in [5.74, 6) is 0.305. The number of benzene rings is 1. The normalized spacial score (nSPS) is 13.2. The topological polar surface area (TPSA) is 90.9 Å². The lowest BCUT2D eigenvalue weighted by molar-refractivity contribution is -0.111. The van der Waals surface area contributed by atoms with Gasteiger partial charge in [0.05, 0.1) is 10.9 Å². The smallest absolute Gasteiger partial charge is 0.249 e. The average Bonchev–Trinajstić information content (AvgIpc) is 2.83. The van der Waals surface area contributed by atoms with Gasteiger partial charge in [0.25, 0.3) is 0 Å². The highest BCUT2D eigenvalue weighted by Crippen LogP contribution is 2.36. The molecule has 1 aliphatic rings. The van der Waals surface area contributed by atoms with Crippen molar-refractivity contribution in [2.45, 2.75) is 0 Å². The van der Waals surface area contributed by atoms with Gasteiger partial charge in [0.15, 0.2) is 5.82 Å². The predicted octanol–water partition coefficient (Wildman–Crippen LogP) is 2.30. The van der Waals surface area contributed by atoms with Gasteiger partial charge in [-0.3, -0.25) is 4.79 Å². The number of rotatable bonds is 1. The Morgan fingerprint density at radius 1 is 1.10 bits per heavy atom. The van der Waals surface area contributed by atoms with Crippen molar-refractivity contribution in [3.8, 4) is 17.0 Å². The van der Waals surface area contributed by atoms with Crippen molar-refractivity contribution in [1.29, 1.82) is 0 Å². The molecule has 3 N–H and O–H groups in total. The third-order valence-electron chi connectivity index (χ3n) is 3.45. The molecule has 0 saturated carbocycles. The van der Waals surface area contributed by atoms with Gasteiger partial charge in [-0.1, -0.05) is 12.1 Å². The molecule has 0 saturated heterocycles. The maximum atomic E-state index is 11.6. The summed E-state index contributed by atoms with van der Waals surface area (Å²) in [5.41, 5.74) is 2.71. The van der Waals surface area contributed by atoms with Crippen molar-refractivity contribution in [3.63, 3.8) is 0 Å². The van der Waals surface area contributed by atoms with Gasteiger partial charge in [0.1, 0.15) is 11.4 Å². The minimum atomic E-state index is -0.239. The Hall–Kier alpha value is -3.15. The molecule has 0 bridgehead atoms. The molecule has 0 aliphatic carbocycles. The fraction of sp³-hybridized carbons (Fsp3) is 0. The van der Waals surface area contributed by atoms with Crippen LogP contribution in [0.2, 0.25) is 0 Å². The molecule has 3 aromatic rings. The Balaban J connectivity index is 2.05. The van der Waals surface area contributed by atoms with Crippen LogP contribution in [0.4, 0.5) is 5.82 Å². The fourth-order valence-electron chi connectivity index (χ4n) is 2.49. The van der Waals surface area contributed by atoms with E-state index < -0.39 is 0 Å². The van der Waals surface area contributed by atoms with E-state index in [2.05, 4.69) is 20.5 Å². The Labute approximate surface area is 119 Å². The number of H-pyrrole nitrogens is 1. The van der Waals surface area contributed by atoms with Gasteiger partial charge in [0.2, 0.25) is 5.91 Å². The molecule has 4 rings (SSSR count). The van der Waals surface area contributed by atoms with Gasteiger partial charge >= 0.3 is 0 Å². The number of nitrogens with one attached hydrogen (secondary N) is 2. The molecule has 0 fully saturated rings. The molecule has 0 unspecified atom stereocenters. The molecule has 1 aromatic carbocycles. The van der Waals surface area contributed by atoms with E-state index in [1.54, 1.807) is 30.5 Å². The number of amides is 1. The minimum Gasteiger partial charge on any atom is -0.507 e. The molecule has 0 spiro atoms. The predicted molar refractivity (Wildman–Crippen MR) is 78.7 cm³/mol. The number of aromatic nitrogens is 3. The second-order valence-corrected chi connectivity index (χ2v) is 4.73. The van der Waals surface area contributed by atoms with E-state index in [9.17, 15) is 9.90 Å². The molecule has 0 atom stereocenters. The average molecular weight is 278 g/mol. The second-order valence-electron chi connectivity index (χ2n) is 4.73. The lowest BCUT2D eigenvalue weighted by Crippen LogP contribution is -2.09. The zero-order chi connectivity index (χ0) is 14.4. The molecule has 2 aromatic heterocycles. The van der Waals surface area contributed by atoms with Crippen LogP contribution in [0.15, 0.2) is 36.5 Å². The monoisotopic (exact) mass is 278 g/mol. The highest BCUT2D eigenvalue weighted by Gasteiger charge is 2.19. The van der Waals surface area contributed by atoms with Crippen LogP contribution in [0, 0.1) is 0 Å². The van der Waals surface area contributed by atoms with Crippen LogP contribution in [0.5, 0.6) is 5.75 Å². The quantitative estimate of drug-likeness (QED) is 0.637. The van der Waals surface area contributed by atoms with E-state index in [1.807, 2.05) is 6.07 Å². The molecular weight excluding hydrogens is 268 g/mol. The first-order valence-corrected chi connectivity index (χ1v) is 6.39. The summed E-state index contributed by atoms with van der Waals surface area (Å²) in [5, 5.41) is 21.7. The largest absolute Gasteiger partial charge is 0.507 e. The number of phenols is 1. The summed E-state index contributed by atoms with van der Waals surface area (Å²) in [7, 11) is 0. The maximum absolute atomic E-state index is 11.6. The SMILES string of the molecule is O=C1C=Cc2c[nH]c3c(-c4ccccc4O)nnc(c23)N1. The van der Waals surface area contributed by atoms with Crippen molar-refractivity contribution >= 4 is 28.7 Å². The number of carbonyl (C=O) groups excluding carboxylic acids is 1. The summed E-state index contributed by atoms with van der Waals surface area (Å²) >= 11 is 0. The third-order valence-corrected chi connectivity index (χ3v) is 3.45. The highest BCUT2D eigenvalue weighted by atomic mass is 16.3. The number of aromatic amines is 1. The molecule has 102 valence electrons. The minimum absolute atomic E-state index is 0.131. The van der Waals surface area contributed by atoms with E-state index in [1.165, 1.54) is 6.08 Å². The number of nitrogens with zero attached hydrogens (tertiary/aromatic N) is 2. The van der Waals surface area contributed by atoms with Crippen molar-refractivity contribution in [1.82, 2.24) is 15.2 Å². The van der Waals surface area contributed by atoms with Gasteiger partial charge in [0, 0.05) is 23.4 Å². The van der Waals surface area contributed by atoms with E-state index in [-0.39, 0.29) is 11.7 Å². The first-order chi connectivity index (χ1) is 10.2. The summed E-state index contributed by atoms with van der Waals surface area (Å²) in [4.78, 5) is 14.7. The molecule has 1 amide bonds. The highest BCUT2D eigenvalue weighted by molar-refractivity contribution is 6.13. The third kappa shape index (κ3) is 1.69. The number of anilines is 1. The number of hydrogen-bond donors (Lipinski definition) is 3. The first kappa shape index (κ1) is 11.7. The summed E-state index contributed by atoms with van der Waals surface area (Å²) < 4.78 is 0. The van der Waals surface area contributed by atoms with Gasteiger partial charge in [-0.15, -0.1) is 10.2 Å². The van der Waals surface area contributed by atoms with Gasteiger partial charge in [-0.05, 0) is 18.2 Å². The van der Waals surface area contributed by atoms with Crippen LogP contribution in [0.25, 0.3) is 28.2 Å². The first-order valence-electron chi connectivity index (χ1n) is 6.39. The standard InChI is InChI=1S/C15H10N4O2/c20-10-4-2-1-3-9(10)13-14-12-8(7-16-14)5-6-11(21)17-15(12)19-18-13/h1-7,16,20H,(H,17,19,21). The van der Waals surface area contributed by atoms with Gasteiger partial charge in [-0.2, -0.15) is 0 Å². The fourth-order valence-corrected chi connectivity index (χ4v) is 2.49. The van der Waals surface area contributed by atoms with Crippen LogP contribution in [0.1, 0.15) is 5.56 Å². The van der Waals surface area contributed by atoms with E-state index in [0.717, 1.165) is 16.5 Å². The summed E-state index contributed by atoms with van der Waals surface area (Å²) in [6, 6.07) is 6.93.